The summed E-state index contributed by atoms with van der Waals surface area (Å²) in [6, 6.07) is 14.3. The van der Waals surface area contributed by atoms with E-state index in [1.807, 2.05) is 0 Å². The van der Waals surface area contributed by atoms with E-state index in [9.17, 15) is 15.0 Å². The number of phenolic OH excluding ortho intramolecular Hbond substituents is 2. The lowest BCUT2D eigenvalue weighted by atomic mass is 10.2. The number of hydrogen-bond acceptors (Lipinski definition) is 6. The number of ether oxygens (including phenoxy) is 3. The summed E-state index contributed by atoms with van der Waals surface area (Å²) < 4.78 is 16.9. The summed E-state index contributed by atoms with van der Waals surface area (Å²) in [5.41, 5.74) is 0.567. The van der Waals surface area contributed by atoms with Crippen LogP contribution in [0.5, 0.6) is 28.7 Å². The molecule has 2 N–H and O–H groups in total. The summed E-state index contributed by atoms with van der Waals surface area (Å²) in [7, 11) is 0. The van der Waals surface area contributed by atoms with Gasteiger partial charge >= 0.3 is 5.97 Å². The van der Waals surface area contributed by atoms with Crippen molar-refractivity contribution in [1.82, 2.24) is 0 Å². The number of carbonyl (C=O) groups excluding carboxylic acids is 1. The summed E-state index contributed by atoms with van der Waals surface area (Å²) in [5, 5.41) is 20.2. The zero-order chi connectivity index (χ0) is 25.2. The Labute approximate surface area is 218 Å². The number of phenols is 2. The molecule has 0 aliphatic carbocycles. The predicted molar refractivity (Wildman–Crippen MR) is 137 cm³/mol. The first-order chi connectivity index (χ1) is 16.8. The quantitative estimate of drug-likeness (QED) is 0.113. The Morgan fingerprint density at radius 2 is 1.49 bits per heavy atom. The normalized spacial score (nSPS) is 10.9. The van der Waals surface area contributed by atoms with Crippen molar-refractivity contribution in [2.45, 2.75) is 19.3 Å². The molecule has 0 amide bonds. The van der Waals surface area contributed by atoms with Gasteiger partial charge in [-0.15, -0.1) is 0 Å². The number of halogens is 3. The molecule has 0 heterocycles. The molecular weight excluding hydrogens is 515 g/mol. The van der Waals surface area contributed by atoms with Crippen LogP contribution in [0.15, 0.2) is 60.7 Å². The molecule has 6 nitrogen and oxygen atoms in total. The molecule has 9 heteroatoms. The van der Waals surface area contributed by atoms with E-state index >= 15 is 0 Å². The lowest BCUT2D eigenvalue weighted by molar-refractivity contribution is -0.137. The number of benzene rings is 3. The second kappa shape index (κ2) is 13.1. The maximum Gasteiger partial charge on any atom is 0.330 e. The van der Waals surface area contributed by atoms with Crippen LogP contribution in [-0.4, -0.2) is 29.4 Å². The molecule has 3 aromatic carbocycles. The van der Waals surface area contributed by atoms with Gasteiger partial charge in [-0.25, -0.2) is 4.79 Å². The van der Waals surface area contributed by atoms with Crippen molar-refractivity contribution < 1.29 is 29.2 Å². The lowest BCUT2D eigenvalue weighted by Crippen LogP contribution is -2.04. The van der Waals surface area contributed by atoms with E-state index < -0.39 is 5.97 Å². The first-order valence-electron chi connectivity index (χ1n) is 10.7. The monoisotopic (exact) mass is 536 g/mol. The van der Waals surface area contributed by atoms with E-state index in [1.54, 1.807) is 42.5 Å². The molecule has 0 unspecified atom stereocenters. The molecule has 35 heavy (non-hydrogen) atoms. The maximum atomic E-state index is 11.8. The lowest BCUT2D eigenvalue weighted by Gasteiger charge is -2.14. The largest absolute Gasteiger partial charge is 0.504 e. The second-order valence-corrected chi connectivity index (χ2v) is 8.71. The molecule has 184 valence electrons. The minimum atomic E-state index is -0.490. The van der Waals surface area contributed by atoms with Crippen LogP contribution in [0, 0.1) is 0 Å². The molecular formula is C26H23Cl3O6. The zero-order valence-corrected chi connectivity index (χ0v) is 20.8. The van der Waals surface area contributed by atoms with Gasteiger partial charge in [-0.3, -0.25) is 0 Å². The summed E-state index contributed by atoms with van der Waals surface area (Å²) in [6.45, 7) is 0.688. The summed E-state index contributed by atoms with van der Waals surface area (Å²) in [6.07, 6.45) is 4.94. The fourth-order valence-corrected chi connectivity index (χ4v) is 3.56. The average Bonchev–Trinajstić information content (AvgIpc) is 2.82. The number of unbranched alkanes of at least 4 members (excludes halogenated alkanes) is 2. The molecule has 3 aromatic rings. The standard InChI is InChI=1S/C26H23Cl3O6/c27-18-6-9-23(20(29)15-18)35-24-10-7-19(28)16-25(24)33-12-2-1-3-13-34-26(32)11-5-17-4-8-21(30)22(31)14-17/h4-11,14-16,30-31H,1-3,12-13H2/b11-5+. The van der Waals surface area contributed by atoms with Crippen molar-refractivity contribution in [1.29, 1.82) is 0 Å². The SMILES string of the molecule is O=C(/C=C/c1ccc(O)c(O)c1)OCCCCCOc1cc(Cl)ccc1Oc1ccc(Cl)cc1Cl. The van der Waals surface area contributed by atoms with Crippen LogP contribution < -0.4 is 9.47 Å². The third-order valence-electron chi connectivity index (χ3n) is 4.72. The predicted octanol–water partition coefficient (Wildman–Crippen LogP) is 7.66. The van der Waals surface area contributed by atoms with Gasteiger partial charge in [0.25, 0.3) is 0 Å². The first-order valence-corrected chi connectivity index (χ1v) is 11.9. The van der Waals surface area contributed by atoms with Crippen molar-refractivity contribution in [3.8, 4) is 28.7 Å². The Balaban J connectivity index is 1.39. The topological polar surface area (TPSA) is 85.2 Å². The highest BCUT2D eigenvalue weighted by Gasteiger charge is 2.10. The number of aromatic hydroxyl groups is 2. The minimum absolute atomic E-state index is 0.223. The Morgan fingerprint density at radius 3 is 2.23 bits per heavy atom. The Kier molecular flexibility index (Phi) is 9.97. The molecule has 0 bridgehead atoms. The van der Waals surface area contributed by atoms with E-state index in [0.717, 1.165) is 12.8 Å². The van der Waals surface area contributed by atoms with Gasteiger partial charge in [-0.2, -0.15) is 0 Å². The fraction of sp³-hybridized carbons (Fsp3) is 0.192. The zero-order valence-electron chi connectivity index (χ0n) is 18.5. The molecule has 0 saturated carbocycles. The van der Waals surface area contributed by atoms with Gasteiger partial charge in [-0.05, 0) is 73.4 Å². The molecule has 0 radical (unpaired) electrons. The molecule has 0 aromatic heterocycles. The Bertz CT molecular complexity index is 1200. The Hall–Kier alpha value is -3.06. The van der Waals surface area contributed by atoms with E-state index in [2.05, 4.69) is 0 Å². The van der Waals surface area contributed by atoms with Crippen molar-refractivity contribution in [3.63, 3.8) is 0 Å². The van der Waals surface area contributed by atoms with E-state index in [4.69, 9.17) is 49.0 Å². The molecule has 3 rings (SSSR count). The van der Waals surface area contributed by atoms with Crippen LogP contribution in [0.3, 0.4) is 0 Å². The van der Waals surface area contributed by atoms with E-state index in [1.165, 1.54) is 24.3 Å². The number of hydrogen-bond donors (Lipinski definition) is 2. The van der Waals surface area contributed by atoms with Gasteiger partial charge < -0.3 is 24.4 Å². The highest BCUT2D eigenvalue weighted by Crippen LogP contribution is 2.37. The Morgan fingerprint density at radius 1 is 0.771 bits per heavy atom. The molecule has 0 saturated heterocycles. The van der Waals surface area contributed by atoms with Crippen molar-refractivity contribution in [2.24, 2.45) is 0 Å². The van der Waals surface area contributed by atoms with Crippen LogP contribution in [0.4, 0.5) is 0 Å². The smallest absolute Gasteiger partial charge is 0.330 e. The van der Waals surface area contributed by atoms with E-state index in [0.29, 0.717) is 50.9 Å². The average molecular weight is 538 g/mol. The van der Waals surface area contributed by atoms with Crippen LogP contribution >= 0.6 is 34.8 Å². The van der Waals surface area contributed by atoms with Crippen LogP contribution in [0.1, 0.15) is 24.8 Å². The molecule has 0 aliphatic heterocycles. The van der Waals surface area contributed by atoms with Crippen molar-refractivity contribution >= 4 is 46.8 Å². The van der Waals surface area contributed by atoms with Gasteiger partial charge in [0.2, 0.25) is 0 Å². The van der Waals surface area contributed by atoms with Crippen molar-refractivity contribution in [3.05, 3.63) is 81.3 Å². The fourth-order valence-electron chi connectivity index (χ4n) is 2.95. The maximum absolute atomic E-state index is 11.8. The number of rotatable bonds is 11. The molecule has 0 fully saturated rings. The summed E-state index contributed by atoms with van der Waals surface area (Å²) in [4.78, 5) is 11.8. The van der Waals surface area contributed by atoms with Gasteiger partial charge in [0.1, 0.15) is 5.75 Å². The second-order valence-electron chi connectivity index (χ2n) is 7.43. The van der Waals surface area contributed by atoms with Gasteiger partial charge in [-0.1, -0.05) is 40.9 Å². The highest BCUT2D eigenvalue weighted by molar-refractivity contribution is 6.35. The number of esters is 1. The van der Waals surface area contributed by atoms with E-state index in [-0.39, 0.29) is 18.1 Å². The van der Waals surface area contributed by atoms with Crippen LogP contribution in [0.25, 0.3) is 6.08 Å². The summed E-state index contributed by atoms with van der Waals surface area (Å²) in [5.74, 6) is 0.435. The molecule has 0 atom stereocenters. The van der Waals surface area contributed by atoms with Crippen LogP contribution in [0.2, 0.25) is 15.1 Å². The van der Waals surface area contributed by atoms with Gasteiger partial charge in [0.15, 0.2) is 23.0 Å². The van der Waals surface area contributed by atoms with Crippen LogP contribution in [-0.2, 0) is 9.53 Å². The third kappa shape index (κ3) is 8.58. The molecule has 0 spiro atoms. The minimum Gasteiger partial charge on any atom is -0.504 e. The summed E-state index contributed by atoms with van der Waals surface area (Å²) >= 11 is 18.2. The van der Waals surface area contributed by atoms with Gasteiger partial charge in [0, 0.05) is 22.2 Å². The molecule has 0 aliphatic rings. The third-order valence-corrected chi connectivity index (χ3v) is 5.49. The van der Waals surface area contributed by atoms with Gasteiger partial charge in [0.05, 0.1) is 18.2 Å². The number of carbonyl (C=O) groups is 1. The highest BCUT2D eigenvalue weighted by atomic mass is 35.5. The van der Waals surface area contributed by atoms with Crippen molar-refractivity contribution in [2.75, 3.05) is 13.2 Å². The first kappa shape index (κ1) is 26.5.